The summed E-state index contributed by atoms with van der Waals surface area (Å²) >= 11 is 1.41. The lowest BCUT2D eigenvalue weighted by Gasteiger charge is -2.18. The van der Waals surface area contributed by atoms with E-state index >= 15 is 0 Å². The summed E-state index contributed by atoms with van der Waals surface area (Å²) in [6, 6.07) is 10.1. The Morgan fingerprint density at radius 3 is 2.60 bits per heavy atom. The second kappa shape index (κ2) is 9.12. The van der Waals surface area contributed by atoms with Crippen LogP contribution in [0.3, 0.4) is 0 Å². The summed E-state index contributed by atoms with van der Waals surface area (Å²) in [5, 5.41) is 3.28. The first kappa shape index (κ1) is 19.6. The molecule has 1 amide bonds. The minimum Gasteiger partial charge on any atom is -0.435 e. The monoisotopic (exact) mass is 388 g/mol. The lowest BCUT2D eigenvalue weighted by molar-refractivity contribution is -0.0498. The Hall–Kier alpha value is -1.70. The number of carbonyl (C=O) groups excluding carboxylic acids is 1. The van der Waals surface area contributed by atoms with E-state index in [1.165, 1.54) is 23.5 Å². The number of benzene rings is 1. The fourth-order valence-electron chi connectivity index (χ4n) is 2.61. The van der Waals surface area contributed by atoms with Gasteiger partial charge >= 0.3 is 6.61 Å². The average molecular weight is 389 g/mol. The number of nitrogens with zero attached hydrogens (tertiary/aromatic N) is 1. The van der Waals surface area contributed by atoms with Crippen molar-refractivity contribution in [2.24, 2.45) is 0 Å². The van der Waals surface area contributed by atoms with Crippen LogP contribution in [-0.2, 0) is 0 Å². The molecule has 2 heterocycles. The number of rotatable bonds is 4. The molecule has 0 unspecified atom stereocenters. The number of amides is 1. The molecule has 25 heavy (non-hydrogen) atoms. The third-order valence-electron chi connectivity index (χ3n) is 3.81. The van der Waals surface area contributed by atoms with Crippen LogP contribution in [0, 0.1) is 0 Å². The lowest BCUT2D eigenvalue weighted by atomic mass is 10.2. The number of hydrogen-bond acceptors (Lipinski definition) is 4. The van der Waals surface area contributed by atoms with Gasteiger partial charge in [-0.05, 0) is 54.9 Å². The first-order valence-corrected chi connectivity index (χ1v) is 8.60. The van der Waals surface area contributed by atoms with Crippen LogP contribution in [0.2, 0.25) is 0 Å². The summed E-state index contributed by atoms with van der Waals surface area (Å²) in [5.41, 5.74) is 0.873. The highest BCUT2D eigenvalue weighted by Crippen LogP contribution is 2.30. The van der Waals surface area contributed by atoms with E-state index in [9.17, 15) is 13.6 Å². The molecule has 136 valence electrons. The maximum absolute atomic E-state index is 12.6. The molecule has 0 radical (unpaired) electrons. The molecule has 0 atom stereocenters. The van der Waals surface area contributed by atoms with Crippen LogP contribution in [0.4, 0.5) is 8.78 Å². The molecule has 1 fully saturated rings. The van der Waals surface area contributed by atoms with Crippen LogP contribution < -0.4 is 10.1 Å². The van der Waals surface area contributed by atoms with E-state index in [0.29, 0.717) is 11.4 Å². The predicted molar refractivity (Wildman–Crippen MR) is 97.0 cm³/mol. The number of hydrogen-bond donors (Lipinski definition) is 1. The van der Waals surface area contributed by atoms with Crippen molar-refractivity contribution < 1.29 is 18.3 Å². The first-order chi connectivity index (χ1) is 11.6. The van der Waals surface area contributed by atoms with E-state index in [-0.39, 0.29) is 24.1 Å². The van der Waals surface area contributed by atoms with Crippen molar-refractivity contribution in [2.75, 3.05) is 26.2 Å². The predicted octanol–water partition coefficient (Wildman–Crippen LogP) is 3.87. The van der Waals surface area contributed by atoms with E-state index < -0.39 is 6.61 Å². The Morgan fingerprint density at radius 2 is 1.88 bits per heavy atom. The number of thiophene rings is 1. The van der Waals surface area contributed by atoms with Crippen LogP contribution in [0.1, 0.15) is 16.1 Å². The SMILES string of the molecule is Cl.O=C(c1ccc(-c2ccc(OC(F)F)cc2)s1)N1CCCNCC1. The first-order valence-electron chi connectivity index (χ1n) is 7.78. The molecule has 1 N–H and O–H groups in total. The Kier molecular flexibility index (Phi) is 7.16. The molecule has 1 saturated heterocycles. The Balaban J connectivity index is 0.00000225. The van der Waals surface area contributed by atoms with Gasteiger partial charge in [0, 0.05) is 24.5 Å². The number of alkyl halides is 2. The molecule has 0 aliphatic carbocycles. The van der Waals surface area contributed by atoms with E-state index in [1.807, 2.05) is 17.0 Å². The van der Waals surface area contributed by atoms with Gasteiger partial charge in [0.05, 0.1) is 4.88 Å². The molecular formula is C17H19ClF2N2O2S. The zero-order valence-electron chi connectivity index (χ0n) is 13.4. The molecule has 0 saturated carbocycles. The van der Waals surface area contributed by atoms with Crippen molar-refractivity contribution in [1.82, 2.24) is 10.2 Å². The van der Waals surface area contributed by atoms with Gasteiger partial charge in [0.1, 0.15) is 5.75 Å². The molecule has 1 aromatic carbocycles. The minimum absolute atomic E-state index is 0. The molecule has 1 aliphatic rings. The smallest absolute Gasteiger partial charge is 0.387 e. The van der Waals surface area contributed by atoms with Crippen LogP contribution in [-0.4, -0.2) is 43.6 Å². The zero-order chi connectivity index (χ0) is 16.9. The van der Waals surface area contributed by atoms with Gasteiger partial charge in [0.2, 0.25) is 0 Å². The van der Waals surface area contributed by atoms with Gasteiger partial charge in [0.25, 0.3) is 5.91 Å². The highest BCUT2D eigenvalue weighted by atomic mass is 35.5. The Bertz CT molecular complexity index is 686. The fourth-order valence-corrected chi connectivity index (χ4v) is 3.59. The van der Waals surface area contributed by atoms with E-state index in [4.69, 9.17) is 0 Å². The van der Waals surface area contributed by atoms with Gasteiger partial charge in [-0.15, -0.1) is 23.7 Å². The number of carbonyl (C=O) groups is 1. The van der Waals surface area contributed by atoms with Crippen molar-refractivity contribution in [3.05, 3.63) is 41.3 Å². The minimum atomic E-state index is -2.83. The largest absolute Gasteiger partial charge is 0.435 e. The van der Waals surface area contributed by atoms with Crippen LogP contribution >= 0.6 is 23.7 Å². The normalized spacial score (nSPS) is 14.8. The van der Waals surface area contributed by atoms with Gasteiger partial charge in [-0.1, -0.05) is 0 Å². The van der Waals surface area contributed by atoms with Crippen LogP contribution in [0.25, 0.3) is 10.4 Å². The molecule has 0 spiro atoms. The van der Waals surface area contributed by atoms with Gasteiger partial charge in [-0.3, -0.25) is 4.79 Å². The third kappa shape index (κ3) is 5.14. The average Bonchev–Trinajstić information content (AvgIpc) is 2.90. The molecule has 0 bridgehead atoms. The van der Waals surface area contributed by atoms with Gasteiger partial charge in [-0.25, -0.2) is 0 Å². The molecule has 8 heteroatoms. The third-order valence-corrected chi connectivity index (χ3v) is 4.93. The standard InChI is InChI=1S/C17H18F2N2O2S.ClH/c18-17(19)23-13-4-2-12(3-5-13)14-6-7-15(24-14)16(22)21-10-1-8-20-9-11-21;/h2-7,17,20H,1,8-11H2;1H. The van der Waals surface area contributed by atoms with Crippen molar-refractivity contribution in [3.63, 3.8) is 0 Å². The molecule has 2 aromatic rings. The van der Waals surface area contributed by atoms with Crippen LogP contribution in [0.15, 0.2) is 36.4 Å². The molecule has 4 nitrogen and oxygen atoms in total. The summed E-state index contributed by atoms with van der Waals surface area (Å²) in [6.07, 6.45) is 0.954. The summed E-state index contributed by atoms with van der Waals surface area (Å²) in [7, 11) is 0. The molecule has 3 rings (SSSR count). The molecular weight excluding hydrogens is 370 g/mol. The van der Waals surface area contributed by atoms with Crippen molar-refractivity contribution in [3.8, 4) is 16.2 Å². The second-order valence-electron chi connectivity index (χ2n) is 5.46. The van der Waals surface area contributed by atoms with Gasteiger partial charge in [0.15, 0.2) is 0 Å². The zero-order valence-corrected chi connectivity index (χ0v) is 15.0. The fraction of sp³-hybridized carbons (Fsp3) is 0.353. The van der Waals surface area contributed by atoms with Gasteiger partial charge < -0.3 is 15.0 Å². The van der Waals surface area contributed by atoms with Crippen LogP contribution in [0.5, 0.6) is 5.75 Å². The molecule has 1 aliphatic heterocycles. The van der Waals surface area contributed by atoms with Gasteiger partial charge in [-0.2, -0.15) is 8.78 Å². The quantitative estimate of drug-likeness (QED) is 0.864. The summed E-state index contributed by atoms with van der Waals surface area (Å²) in [5.74, 6) is 0.172. The summed E-state index contributed by atoms with van der Waals surface area (Å²) in [4.78, 5) is 16.1. The Morgan fingerprint density at radius 1 is 1.12 bits per heavy atom. The molecule has 1 aromatic heterocycles. The maximum Gasteiger partial charge on any atom is 0.387 e. The van der Waals surface area contributed by atoms with Crippen molar-refractivity contribution in [2.45, 2.75) is 13.0 Å². The Labute approximate surface area is 155 Å². The summed E-state index contributed by atoms with van der Waals surface area (Å²) < 4.78 is 28.7. The number of nitrogens with one attached hydrogen (secondary N) is 1. The highest BCUT2D eigenvalue weighted by Gasteiger charge is 2.19. The lowest BCUT2D eigenvalue weighted by Crippen LogP contribution is -2.33. The van der Waals surface area contributed by atoms with E-state index in [2.05, 4.69) is 10.1 Å². The highest BCUT2D eigenvalue weighted by molar-refractivity contribution is 7.17. The number of halogens is 3. The van der Waals surface area contributed by atoms with Crippen molar-refractivity contribution >= 4 is 29.7 Å². The van der Waals surface area contributed by atoms with Crippen molar-refractivity contribution in [1.29, 1.82) is 0 Å². The number of ether oxygens (including phenoxy) is 1. The van der Waals surface area contributed by atoms with E-state index in [0.717, 1.165) is 36.5 Å². The maximum atomic E-state index is 12.6. The summed E-state index contributed by atoms with van der Waals surface area (Å²) in [6.45, 7) is 0.400. The topological polar surface area (TPSA) is 41.6 Å². The second-order valence-corrected chi connectivity index (χ2v) is 6.55. The van der Waals surface area contributed by atoms with E-state index in [1.54, 1.807) is 12.1 Å².